The average Bonchev–Trinajstić information content (AvgIpc) is 2.92. The van der Waals surface area contributed by atoms with Crippen molar-refractivity contribution in [3.8, 4) is 12.3 Å². The normalized spacial score (nSPS) is 56.7. The highest BCUT2D eigenvalue weighted by Gasteiger charge is 2.61. The predicted octanol–water partition coefficient (Wildman–Crippen LogP) is 3.74. The van der Waals surface area contributed by atoms with Crippen LogP contribution in [-0.2, 0) is 0 Å². The van der Waals surface area contributed by atoms with Crippen LogP contribution in [0.15, 0.2) is 0 Å². The van der Waals surface area contributed by atoms with Gasteiger partial charge in [0.15, 0.2) is 0 Å². The van der Waals surface area contributed by atoms with Crippen LogP contribution in [0.5, 0.6) is 0 Å². The Hall–Kier alpha value is -0.560. The van der Waals surface area contributed by atoms with Crippen LogP contribution in [0.4, 0.5) is 0 Å². The molecule has 0 aromatic heterocycles. The first-order chi connectivity index (χ1) is 11.4. The number of nitrogens with one attached hydrogen (secondary N) is 1. The Balaban J connectivity index is 1.60. The van der Waals surface area contributed by atoms with Gasteiger partial charge in [-0.05, 0) is 92.3 Å². The van der Waals surface area contributed by atoms with Crippen molar-refractivity contribution in [2.75, 3.05) is 0 Å². The Labute approximate surface area is 146 Å². The molecule has 24 heavy (non-hydrogen) atoms. The topological polar surface area (TPSA) is 52.5 Å². The van der Waals surface area contributed by atoms with Gasteiger partial charge in [0, 0.05) is 6.04 Å². The van der Waals surface area contributed by atoms with E-state index in [1.807, 2.05) is 0 Å². The van der Waals surface area contributed by atoms with Gasteiger partial charge in [-0.25, -0.2) is 5.48 Å². The third kappa shape index (κ3) is 2.16. The molecular weight excluding hydrogens is 298 g/mol. The van der Waals surface area contributed by atoms with E-state index in [9.17, 15) is 10.3 Å². The summed E-state index contributed by atoms with van der Waals surface area (Å²) >= 11 is 0. The van der Waals surface area contributed by atoms with Crippen LogP contribution in [0.1, 0.15) is 71.6 Å². The lowest BCUT2D eigenvalue weighted by atomic mass is 9.44. The van der Waals surface area contributed by atoms with Crippen LogP contribution >= 0.6 is 0 Å². The minimum absolute atomic E-state index is 0.257. The maximum Gasteiger partial charge on any atom is 0.125 e. The number of hydrogen-bond acceptors (Lipinski definition) is 3. The van der Waals surface area contributed by atoms with Gasteiger partial charge in [0.1, 0.15) is 5.60 Å². The summed E-state index contributed by atoms with van der Waals surface area (Å²) in [5.74, 6) is 5.56. The van der Waals surface area contributed by atoms with Gasteiger partial charge in [-0.2, -0.15) is 0 Å². The fourth-order valence-electron chi connectivity index (χ4n) is 7.59. The molecule has 0 aromatic rings. The summed E-state index contributed by atoms with van der Waals surface area (Å²) in [5.41, 5.74) is 2.37. The lowest BCUT2D eigenvalue weighted by molar-refractivity contribution is -0.138. The van der Waals surface area contributed by atoms with E-state index in [1.165, 1.54) is 32.1 Å². The summed E-state index contributed by atoms with van der Waals surface area (Å²) in [7, 11) is 0. The molecule has 0 amide bonds. The highest BCUT2D eigenvalue weighted by Crippen LogP contribution is 2.66. The Kier molecular flexibility index (Phi) is 3.85. The molecule has 0 radical (unpaired) electrons. The van der Waals surface area contributed by atoms with Crippen molar-refractivity contribution in [3.63, 3.8) is 0 Å². The second-order valence-corrected chi connectivity index (χ2v) is 9.84. The Morgan fingerprint density at radius 1 is 0.958 bits per heavy atom. The maximum atomic E-state index is 10.6. The third-order valence-electron chi connectivity index (χ3n) is 9.15. The quantitative estimate of drug-likeness (QED) is 0.507. The lowest BCUT2D eigenvalue weighted by Gasteiger charge is -2.61. The maximum absolute atomic E-state index is 10.6. The van der Waals surface area contributed by atoms with E-state index in [0.29, 0.717) is 11.3 Å². The molecule has 0 saturated heterocycles. The number of aliphatic hydroxyl groups is 1. The zero-order valence-corrected chi connectivity index (χ0v) is 15.2. The van der Waals surface area contributed by atoms with E-state index in [4.69, 9.17) is 6.42 Å². The molecule has 4 rings (SSSR count). The number of fused-ring (bicyclic) bond motifs is 5. The van der Waals surface area contributed by atoms with Gasteiger partial charge < -0.3 is 10.3 Å². The van der Waals surface area contributed by atoms with Crippen LogP contribution in [0.25, 0.3) is 0 Å². The first-order valence-electron chi connectivity index (χ1n) is 9.96. The molecule has 0 aromatic carbocycles. The van der Waals surface area contributed by atoms with E-state index >= 15 is 0 Å². The van der Waals surface area contributed by atoms with Crippen molar-refractivity contribution in [1.82, 2.24) is 5.48 Å². The molecule has 0 bridgehead atoms. The smallest absolute Gasteiger partial charge is 0.125 e. The van der Waals surface area contributed by atoms with E-state index in [0.717, 1.165) is 43.4 Å². The minimum Gasteiger partial charge on any atom is -0.378 e. The van der Waals surface area contributed by atoms with Crippen molar-refractivity contribution in [1.29, 1.82) is 0 Å². The SMILES string of the molecule is C#C[C@]1(O)CC[C@@]2(C)C(CCC3C2CC[C@]2(C)C(NO)CCC32)C1. The van der Waals surface area contributed by atoms with Crippen LogP contribution in [0.3, 0.4) is 0 Å². The monoisotopic (exact) mass is 331 g/mol. The first-order valence-corrected chi connectivity index (χ1v) is 9.96. The van der Waals surface area contributed by atoms with Crippen molar-refractivity contribution >= 4 is 0 Å². The van der Waals surface area contributed by atoms with Gasteiger partial charge in [-0.15, -0.1) is 6.42 Å². The molecule has 0 aliphatic heterocycles. The number of hydrogen-bond donors (Lipinski definition) is 3. The second kappa shape index (κ2) is 5.47. The summed E-state index contributed by atoms with van der Waals surface area (Å²) in [6, 6.07) is 0.270. The summed E-state index contributed by atoms with van der Waals surface area (Å²) < 4.78 is 0. The zero-order chi connectivity index (χ0) is 17.2. The van der Waals surface area contributed by atoms with Crippen LogP contribution in [0.2, 0.25) is 0 Å². The Morgan fingerprint density at radius 2 is 1.71 bits per heavy atom. The van der Waals surface area contributed by atoms with Gasteiger partial charge in [0.05, 0.1) is 0 Å². The van der Waals surface area contributed by atoms with Crippen molar-refractivity contribution in [2.24, 2.45) is 34.5 Å². The lowest BCUT2D eigenvalue weighted by Crippen LogP contribution is -2.56. The molecule has 3 N–H and O–H groups in total. The van der Waals surface area contributed by atoms with Gasteiger partial charge in [-0.3, -0.25) is 0 Å². The average molecular weight is 332 g/mol. The third-order valence-corrected chi connectivity index (χ3v) is 9.15. The first kappa shape index (κ1) is 16.9. The molecule has 4 aliphatic carbocycles. The van der Waals surface area contributed by atoms with Crippen molar-refractivity contribution in [2.45, 2.75) is 83.3 Å². The fraction of sp³-hybridized carbons (Fsp3) is 0.905. The molecule has 134 valence electrons. The molecule has 4 aliphatic rings. The van der Waals surface area contributed by atoms with E-state index in [1.54, 1.807) is 0 Å². The van der Waals surface area contributed by atoms with Crippen molar-refractivity contribution < 1.29 is 10.3 Å². The highest BCUT2D eigenvalue weighted by molar-refractivity contribution is 5.16. The predicted molar refractivity (Wildman–Crippen MR) is 94.2 cm³/mol. The van der Waals surface area contributed by atoms with Crippen molar-refractivity contribution in [3.05, 3.63) is 0 Å². The zero-order valence-electron chi connectivity index (χ0n) is 15.2. The van der Waals surface area contributed by atoms with E-state index < -0.39 is 5.60 Å². The minimum atomic E-state index is -0.862. The van der Waals surface area contributed by atoms with Crippen LogP contribution in [0, 0.1) is 46.8 Å². The largest absolute Gasteiger partial charge is 0.378 e. The second-order valence-electron chi connectivity index (χ2n) is 9.84. The molecule has 5 unspecified atom stereocenters. The Bertz CT molecular complexity index is 557. The summed E-state index contributed by atoms with van der Waals surface area (Å²) in [6.07, 6.45) is 15.6. The molecular formula is C21H33NO2. The van der Waals surface area contributed by atoms with E-state index in [2.05, 4.69) is 25.2 Å². The molecule has 3 heteroatoms. The molecule has 4 fully saturated rings. The van der Waals surface area contributed by atoms with Crippen LogP contribution in [-0.4, -0.2) is 22.0 Å². The number of terminal acetylenes is 1. The number of hydroxylamine groups is 1. The molecule has 3 nitrogen and oxygen atoms in total. The standard InChI is InChI=1S/C21H33NO2/c1-4-21(23)12-11-19(2)14(13-21)5-6-15-16-7-8-18(22-24)20(16,3)10-9-17(15)19/h1,14-18,22-24H,5-13H2,2-3H3/t14?,15?,16?,17?,18?,19-,20-,21-/m0/s1. The van der Waals surface area contributed by atoms with Gasteiger partial charge in [-0.1, -0.05) is 19.8 Å². The van der Waals surface area contributed by atoms with Gasteiger partial charge in [0.2, 0.25) is 0 Å². The van der Waals surface area contributed by atoms with Crippen LogP contribution < -0.4 is 5.48 Å². The highest BCUT2D eigenvalue weighted by atomic mass is 16.5. The van der Waals surface area contributed by atoms with Gasteiger partial charge >= 0.3 is 0 Å². The molecule has 0 spiro atoms. The molecule has 0 heterocycles. The molecule has 8 atom stereocenters. The summed E-state index contributed by atoms with van der Waals surface area (Å²) in [4.78, 5) is 0. The fourth-order valence-corrected chi connectivity index (χ4v) is 7.59. The Morgan fingerprint density at radius 3 is 2.42 bits per heavy atom. The van der Waals surface area contributed by atoms with E-state index in [-0.39, 0.29) is 11.5 Å². The number of rotatable bonds is 1. The summed E-state index contributed by atoms with van der Waals surface area (Å²) in [6.45, 7) is 4.89. The molecule has 4 saturated carbocycles. The van der Waals surface area contributed by atoms with Gasteiger partial charge in [0.25, 0.3) is 0 Å². The summed E-state index contributed by atoms with van der Waals surface area (Å²) in [5, 5.41) is 20.2.